The highest BCUT2D eigenvalue weighted by molar-refractivity contribution is 5.63. The summed E-state index contributed by atoms with van der Waals surface area (Å²) in [5, 5.41) is 14.3. The molecule has 3 aromatic rings. The van der Waals surface area contributed by atoms with Crippen LogP contribution in [0.2, 0.25) is 0 Å². The molecule has 1 fully saturated rings. The smallest absolute Gasteiger partial charge is 0.362 e. The number of aromatic nitrogens is 4. The van der Waals surface area contributed by atoms with Crippen molar-refractivity contribution in [3.8, 4) is 11.3 Å². The number of aryl methyl sites for hydroxylation is 1. The van der Waals surface area contributed by atoms with Crippen LogP contribution in [-0.4, -0.2) is 46.3 Å². The molecule has 198 valence electrons. The van der Waals surface area contributed by atoms with E-state index in [0.717, 1.165) is 73.7 Å². The van der Waals surface area contributed by atoms with Gasteiger partial charge >= 0.3 is 6.18 Å². The first-order chi connectivity index (χ1) is 17.8. The average Bonchev–Trinajstić information content (AvgIpc) is 3.36. The van der Waals surface area contributed by atoms with Crippen molar-refractivity contribution >= 4 is 11.8 Å². The number of alkyl halides is 3. The van der Waals surface area contributed by atoms with Crippen LogP contribution < -0.4 is 15.5 Å². The van der Waals surface area contributed by atoms with Crippen LogP contribution in [0.4, 0.5) is 24.9 Å². The Hall–Kier alpha value is -3.14. The van der Waals surface area contributed by atoms with Gasteiger partial charge < -0.3 is 15.5 Å². The Bertz CT molecular complexity index is 1200. The third-order valence-electron chi connectivity index (χ3n) is 7.45. The van der Waals surface area contributed by atoms with E-state index in [1.54, 1.807) is 6.20 Å². The van der Waals surface area contributed by atoms with E-state index in [2.05, 4.69) is 25.7 Å². The molecule has 10 heteroatoms. The van der Waals surface area contributed by atoms with E-state index in [-0.39, 0.29) is 0 Å². The first kappa shape index (κ1) is 25.5. The maximum Gasteiger partial charge on any atom is 0.416 e. The minimum absolute atomic E-state index is 0.339. The predicted octanol–water partition coefficient (Wildman–Crippen LogP) is 5.34. The van der Waals surface area contributed by atoms with Crippen LogP contribution in [0.3, 0.4) is 0 Å². The highest BCUT2D eigenvalue weighted by Gasteiger charge is 2.30. The first-order valence-corrected chi connectivity index (χ1v) is 13.0. The highest BCUT2D eigenvalue weighted by Crippen LogP contribution is 2.32. The van der Waals surface area contributed by atoms with Crippen molar-refractivity contribution < 1.29 is 13.2 Å². The molecule has 7 nitrogen and oxygen atoms in total. The van der Waals surface area contributed by atoms with E-state index in [1.165, 1.54) is 36.2 Å². The fraction of sp³-hybridized carbons (Fsp3) is 0.519. The largest absolute Gasteiger partial charge is 0.416 e. The van der Waals surface area contributed by atoms with E-state index in [4.69, 9.17) is 9.97 Å². The number of hydrogen-bond acceptors (Lipinski definition) is 6. The quantitative estimate of drug-likeness (QED) is 0.396. The Morgan fingerprint density at radius 3 is 2.38 bits per heavy atom. The van der Waals surface area contributed by atoms with E-state index >= 15 is 0 Å². The topological polar surface area (TPSA) is 81.8 Å². The summed E-state index contributed by atoms with van der Waals surface area (Å²) in [5.41, 5.74) is 4.21. The Kier molecular flexibility index (Phi) is 7.37. The standard InChI is InChI=1S/C27H34F3N7/c1-37(2)25-22-5-3-4-6-23(22)34-26(35-25)33-21-13-11-20(12-14-21)31-15-18-16-32-36-24(18)17-7-9-19(10-8-17)27(28,29)30/h7-10,16,20-21,31H,3-6,11-15H2,1-2H3,(H,32,36)(H,33,34,35). The van der Waals surface area contributed by atoms with Crippen molar-refractivity contribution in [2.75, 3.05) is 24.3 Å². The maximum atomic E-state index is 12.9. The number of nitrogens with zero attached hydrogens (tertiary/aromatic N) is 4. The first-order valence-electron chi connectivity index (χ1n) is 13.0. The fourth-order valence-corrected chi connectivity index (χ4v) is 5.41. The molecular formula is C27H34F3N7. The molecule has 2 aliphatic carbocycles. The molecule has 2 heterocycles. The summed E-state index contributed by atoms with van der Waals surface area (Å²) < 4.78 is 38.7. The van der Waals surface area contributed by atoms with Gasteiger partial charge in [0.1, 0.15) is 5.82 Å². The Morgan fingerprint density at radius 2 is 1.68 bits per heavy atom. The number of H-pyrrole nitrogens is 1. The summed E-state index contributed by atoms with van der Waals surface area (Å²) in [6.07, 6.45) is 5.94. The molecule has 1 aromatic carbocycles. The Morgan fingerprint density at radius 1 is 0.973 bits per heavy atom. The zero-order chi connectivity index (χ0) is 26.0. The normalized spacial score (nSPS) is 19.9. The second-order valence-electron chi connectivity index (χ2n) is 10.3. The Labute approximate surface area is 215 Å². The monoisotopic (exact) mass is 513 g/mol. The molecule has 5 rings (SSSR count). The van der Waals surface area contributed by atoms with Crippen LogP contribution in [0.25, 0.3) is 11.3 Å². The van der Waals surface area contributed by atoms with Gasteiger partial charge in [-0.25, -0.2) is 4.98 Å². The van der Waals surface area contributed by atoms with Gasteiger partial charge in [0.25, 0.3) is 0 Å². The van der Waals surface area contributed by atoms with E-state index in [1.807, 2.05) is 14.1 Å². The van der Waals surface area contributed by atoms with Crippen LogP contribution >= 0.6 is 0 Å². The summed E-state index contributed by atoms with van der Waals surface area (Å²) in [7, 11) is 4.09. The fourth-order valence-electron chi connectivity index (χ4n) is 5.41. The number of halogens is 3. The second kappa shape index (κ2) is 10.7. The van der Waals surface area contributed by atoms with Crippen molar-refractivity contribution in [2.45, 2.75) is 76.2 Å². The summed E-state index contributed by atoms with van der Waals surface area (Å²) in [6, 6.07) is 5.90. The van der Waals surface area contributed by atoms with Crippen molar-refractivity contribution in [3.05, 3.63) is 52.8 Å². The highest BCUT2D eigenvalue weighted by atomic mass is 19.4. The molecule has 0 amide bonds. The number of aromatic amines is 1. The molecule has 0 unspecified atom stereocenters. The minimum atomic E-state index is -4.34. The van der Waals surface area contributed by atoms with Gasteiger partial charge in [-0.05, 0) is 69.1 Å². The Balaban J connectivity index is 1.15. The van der Waals surface area contributed by atoms with Gasteiger partial charge in [-0.15, -0.1) is 0 Å². The van der Waals surface area contributed by atoms with Crippen molar-refractivity contribution in [1.29, 1.82) is 0 Å². The SMILES string of the molecule is CN(C)c1nc(NC2CCC(NCc3cn[nH]c3-c3ccc(C(F)(F)F)cc3)CC2)nc2c1CCCC2. The number of rotatable bonds is 7. The van der Waals surface area contributed by atoms with Gasteiger partial charge in [0.15, 0.2) is 0 Å². The van der Waals surface area contributed by atoms with E-state index < -0.39 is 11.7 Å². The van der Waals surface area contributed by atoms with Crippen LogP contribution in [0.15, 0.2) is 30.5 Å². The maximum absolute atomic E-state index is 12.9. The van der Waals surface area contributed by atoms with E-state index in [0.29, 0.717) is 24.2 Å². The number of benzene rings is 1. The zero-order valence-corrected chi connectivity index (χ0v) is 21.3. The van der Waals surface area contributed by atoms with Gasteiger partial charge in [0.2, 0.25) is 5.95 Å². The number of anilines is 2. The number of hydrogen-bond donors (Lipinski definition) is 3. The lowest BCUT2D eigenvalue weighted by atomic mass is 9.91. The van der Waals surface area contributed by atoms with Crippen molar-refractivity contribution in [3.63, 3.8) is 0 Å². The van der Waals surface area contributed by atoms with Crippen LogP contribution in [0.5, 0.6) is 0 Å². The molecule has 0 bridgehead atoms. The van der Waals surface area contributed by atoms with Crippen molar-refractivity contribution in [2.24, 2.45) is 0 Å². The minimum Gasteiger partial charge on any atom is -0.362 e. The molecule has 0 spiro atoms. The number of fused-ring (bicyclic) bond motifs is 1. The van der Waals surface area contributed by atoms with Crippen LogP contribution in [0.1, 0.15) is 60.9 Å². The van der Waals surface area contributed by atoms with Gasteiger partial charge in [0.05, 0.1) is 23.1 Å². The molecule has 1 saturated carbocycles. The predicted molar refractivity (Wildman–Crippen MR) is 139 cm³/mol. The lowest BCUT2D eigenvalue weighted by molar-refractivity contribution is -0.137. The second-order valence-corrected chi connectivity index (χ2v) is 10.3. The van der Waals surface area contributed by atoms with Crippen molar-refractivity contribution in [1.82, 2.24) is 25.5 Å². The molecule has 2 aliphatic rings. The molecule has 0 radical (unpaired) electrons. The third-order valence-corrected chi connectivity index (χ3v) is 7.45. The van der Waals surface area contributed by atoms with Gasteiger partial charge in [-0.2, -0.15) is 23.3 Å². The van der Waals surface area contributed by atoms with Gasteiger partial charge in [-0.3, -0.25) is 5.10 Å². The summed E-state index contributed by atoms with van der Waals surface area (Å²) in [6.45, 7) is 0.607. The third kappa shape index (κ3) is 5.89. The van der Waals surface area contributed by atoms with Gasteiger partial charge in [0, 0.05) is 43.9 Å². The lowest BCUT2D eigenvalue weighted by Crippen LogP contribution is -2.37. The molecule has 0 aliphatic heterocycles. The number of nitrogens with one attached hydrogen (secondary N) is 3. The summed E-state index contributed by atoms with van der Waals surface area (Å²) >= 11 is 0. The molecule has 0 saturated heterocycles. The van der Waals surface area contributed by atoms with Crippen LogP contribution in [0, 0.1) is 0 Å². The average molecular weight is 514 g/mol. The molecule has 0 atom stereocenters. The van der Waals surface area contributed by atoms with E-state index in [9.17, 15) is 13.2 Å². The molecular weight excluding hydrogens is 479 g/mol. The van der Waals surface area contributed by atoms with Crippen LogP contribution in [-0.2, 0) is 25.6 Å². The molecule has 37 heavy (non-hydrogen) atoms. The summed E-state index contributed by atoms with van der Waals surface area (Å²) in [5.74, 6) is 1.77. The van der Waals surface area contributed by atoms with Gasteiger partial charge in [-0.1, -0.05) is 12.1 Å². The molecule has 3 N–H and O–H groups in total. The lowest BCUT2D eigenvalue weighted by Gasteiger charge is -2.30. The summed E-state index contributed by atoms with van der Waals surface area (Å²) in [4.78, 5) is 11.8. The zero-order valence-electron chi connectivity index (χ0n) is 21.3. The molecule has 2 aromatic heterocycles.